The van der Waals surface area contributed by atoms with Gasteiger partial charge in [-0.25, -0.2) is 0 Å². The molecule has 0 saturated heterocycles. The molecule has 2 rings (SSSR count). The van der Waals surface area contributed by atoms with Gasteiger partial charge in [-0.05, 0) is 84.5 Å². The summed E-state index contributed by atoms with van der Waals surface area (Å²) in [6.45, 7) is 9.91. The second kappa shape index (κ2) is 6.30. The van der Waals surface area contributed by atoms with Crippen molar-refractivity contribution in [1.82, 2.24) is 0 Å². The van der Waals surface area contributed by atoms with Crippen molar-refractivity contribution in [3.8, 4) is 0 Å². The highest BCUT2D eigenvalue weighted by atomic mass is 16.6. The van der Waals surface area contributed by atoms with Gasteiger partial charge in [0.15, 0.2) is 0 Å². The van der Waals surface area contributed by atoms with E-state index in [0.717, 1.165) is 24.2 Å². The number of carbonyl (C=O) groups is 1. The van der Waals surface area contributed by atoms with E-state index < -0.39 is 5.41 Å². The summed E-state index contributed by atoms with van der Waals surface area (Å²) < 4.78 is 5.75. The van der Waals surface area contributed by atoms with Gasteiger partial charge in [0.05, 0.1) is 5.41 Å². The number of esters is 1. The van der Waals surface area contributed by atoms with Crippen molar-refractivity contribution < 1.29 is 9.53 Å². The molecule has 0 aliphatic heterocycles. The third-order valence-electron chi connectivity index (χ3n) is 5.36. The maximum Gasteiger partial charge on any atom is 0.311 e. The van der Waals surface area contributed by atoms with Crippen LogP contribution >= 0.6 is 0 Å². The monoisotopic (exact) mass is 294 g/mol. The Morgan fingerprint density at radius 2 is 1.57 bits per heavy atom. The summed E-state index contributed by atoms with van der Waals surface area (Å²) in [5.41, 5.74) is -0.726. The molecule has 2 fully saturated rings. The third-order valence-corrected chi connectivity index (χ3v) is 5.36. The van der Waals surface area contributed by atoms with Gasteiger partial charge < -0.3 is 4.74 Å². The highest BCUT2D eigenvalue weighted by molar-refractivity contribution is 5.75. The molecule has 2 atom stereocenters. The molecular weight excluding hydrogens is 260 g/mol. The van der Waals surface area contributed by atoms with E-state index >= 15 is 0 Å². The fraction of sp³-hybridized carbons (Fsp3) is 0.947. The summed E-state index contributed by atoms with van der Waals surface area (Å²) in [7, 11) is 0. The molecule has 0 aromatic rings. The molecule has 0 amide bonds. The van der Waals surface area contributed by atoms with Gasteiger partial charge in [-0.15, -0.1) is 0 Å². The lowest BCUT2D eigenvalue weighted by Gasteiger charge is -2.40. The van der Waals surface area contributed by atoms with Crippen LogP contribution in [0.2, 0.25) is 0 Å². The third kappa shape index (κ3) is 5.00. The Hall–Kier alpha value is -0.530. The molecule has 2 heteroatoms. The molecule has 0 radical (unpaired) electrons. The first-order chi connectivity index (χ1) is 9.66. The highest BCUT2D eigenvalue weighted by Crippen LogP contribution is 2.44. The molecule has 0 heterocycles. The maximum absolute atomic E-state index is 12.1. The van der Waals surface area contributed by atoms with Crippen LogP contribution in [0, 0.1) is 23.2 Å². The van der Waals surface area contributed by atoms with Crippen LogP contribution in [-0.4, -0.2) is 11.6 Å². The Morgan fingerprint density at radius 3 is 2.10 bits per heavy atom. The van der Waals surface area contributed by atoms with Gasteiger partial charge in [0.1, 0.15) is 5.60 Å². The molecular formula is C19H34O2. The normalized spacial score (nSPS) is 30.0. The number of carbonyl (C=O) groups excluding carboxylic acids is 1. The number of hydrogen-bond donors (Lipinski definition) is 0. The van der Waals surface area contributed by atoms with Crippen molar-refractivity contribution in [3.63, 3.8) is 0 Å². The van der Waals surface area contributed by atoms with Crippen LogP contribution < -0.4 is 0 Å². The molecule has 2 nitrogen and oxygen atoms in total. The summed E-state index contributed by atoms with van der Waals surface area (Å²) in [5, 5.41) is 0. The molecule has 2 aliphatic carbocycles. The van der Waals surface area contributed by atoms with Crippen LogP contribution in [0.1, 0.15) is 86.0 Å². The topological polar surface area (TPSA) is 26.3 Å². The second-order valence-electron chi connectivity index (χ2n) is 9.17. The van der Waals surface area contributed by atoms with Gasteiger partial charge in [0.2, 0.25) is 0 Å². The second-order valence-corrected chi connectivity index (χ2v) is 9.17. The minimum Gasteiger partial charge on any atom is -0.459 e. The Balaban J connectivity index is 1.80. The van der Waals surface area contributed by atoms with Crippen LogP contribution in [-0.2, 0) is 9.53 Å². The summed E-state index contributed by atoms with van der Waals surface area (Å²) in [6.07, 6.45) is 10.9. The number of hydrogen-bond acceptors (Lipinski definition) is 2. The van der Waals surface area contributed by atoms with E-state index in [1.807, 2.05) is 20.8 Å². The minimum absolute atomic E-state index is 0.0759. The first-order valence-corrected chi connectivity index (χ1v) is 8.89. The smallest absolute Gasteiger partial charge is 0.311 e. The summed E-state index contributed by atoms with van der Waals surface area (Å²) in [5.74, 6) is 2.76. The molecule has 0 aromatic carbocycles. The summed E-state index contributed by atoms with van der Waals surface area (Å²) >= 11 is 0. The lowest BCUT2D eigenvalue weighted by molar-refractivity contribution is -0.167. The Morgan fingerprint density at radius 1 is 1.00 bits per heavy atom. The predicted molar refractivity (Wildman–Crippen MR) is 87.0 cm³/mol. The van der Waals surface area contributed by atoms with Crippen LogP contribution in [0.15, 0.2) is 0 Å². The fourth-order valence-electron chi connectivity index (χ4n) is 4.11. The van der Waals surface area contributed by atoms with Crippen molar-refractivity contribution >= 4 is 5.97 Å². The average molecular weight is 294 g/mol. The summed E-state index contributed by atoms with van der Waals surface area (Å²) in [4.78, 5) is 12.1. The van der Waals surface area contributed by atoms with E-state index in [1.165, 1.54) is 44.9 Å². The summed E-state index contributed by atoms with van der Waals surface area (Å²) in [6, 6.07) is 0. The van der Waals surface area contributed by atoms with Gasteiger partial charge in [-0.3, -0.25) is 4.79 Å². The van der Waals surface area contributed by atoms with Crippen molar-refractivity contribution in [2.75, 3.05) is 0 Å². The molecule has 2 bridgehead atoms. The molecule has 21 heavy (non-hydrogen) atoms. The minimum atomic E-state index is -0.404. The first-order valence-electron chi connectivity index (χ1n) is 8.89. The molecule has 0 N–H and O–H groups in total. The molecule has 2 unspecified atom stereocenters. The standard InChI is InChI=1S/C19H34O2/c1-18(2,3)17(20)21-19(4,5)10-9-16-12-14-7-6-8-15(11-14)13-16/h14-16H,6-13H2,1-5H3. The Kier molecular flexibility index (Phi) is 5.05. The zero-order valence-electron chi connectivity index (χ0n) is 14.7. The Bertz CT molecular complexity index is 352. The molecule has 0 aromatic heterocycles. The first kappa shape index (κ1) is 16.8. The maximum atomic E-state index is 12.1. The fourth-order valence-corrected chi connectivity index (χ4v) is 4.11. The zero-order chi connectivity index (χ0) is 15.7. The molecule has 0 spiro atoms. The highest BCUT2D eigenvalue weighted by Gasteiger charge is 2.34. The van der Waals surface area contributed by atoms with Gasteiger partial charge >= 0.3 is 5.97 Å². The van der Waals surface area contributed by atoms with Crippen LogP contribution in [0.5, 0.6) is 0 Å². The lowest BCUT2D eigenvalue weighted by atomic mass is 9.67. The number of rotatable bonds is 4. The number of fused-ring (bicyclic) bond motifs is 2. The van der Waals surface area contributed by atoms with Crippen molar-refractivity contribution in [2.45, 2.75) is 91.6 Å². The van der Waals surface area contributed by atoms with E-state index in [2.05, 4.69) is 13.8 Å². The van der Waals surface area contributed by atoms with E-state index in [-0.39, 0.29) is 11.6 Å². The quantitative estimate of drug-likeness (QED) is 0.653. The van der Waals surface area contributed by atoms with Crippen LogP contribution in [0.25, 0.3) is 0 Å². The van der Waals surface area contributed by atoms with E-state index in [0.29, 0.717) is 0 Å². The zero-order valence-corrected chi connectivity index (χ0v) is 14.7. The van der Waals surface area contributed by atoms with Gasteiger partial charge in [-0.1, -0.05) is 19.3 Å². The van der Waals surface area contributed by atoms with Crippen LogP contribution in [0.3, 0.4) is 0 Å². The van der Waals surface area contributed by atoms with Gasteiger partial charge in [0.25, 0.3) is 0 Å². The number of ether oxygens (including phenoxy) is 1. The lowest BCUT2D eigenvalue weighted by Crippen LogP contribution is -2.35. The van der Waals surface area contributed by atoms with Crippen molar-refractivity contribution in [3.05, 3.63) is 0 Å². The van der Waals surface area contributed by atoms with Crippen molar-refractivity contribution in [1.29, 1.82) is 0 Å². The van der Waals surface area contributed by atoms with Gasteiger partial charge in [-0.2, -0.15) is 0 Å². The van der Waals surface area contributed by atoms with E-state index in [4.69, 9.17) is 4.74 Å². The predicted octanol–water partition coefficient (Wildman–Crippen LogP) is 5.35. The average Bonchev–Trinajstić information content (AvgIpc) is 2.34. The largest absolute Gasteiger partial charge is 0.459 e. The van der Waals surface area contributed by atoms with Gasteiger partial charge in [0, 0.05) is 0 Å². The van der Waals surface area contributed by atoms with Crippen molar-refractivity contribution in [2.24, 2.45) is 23.2 Å². The van der Waals surface area contributed by atoms with E-state index in [9.17, 15) is 4.79 Å². The molecule has 2 aliphatic rings. The SMILES string of the molecule is CC(C)(CCC1CC2CCCC(C2)C1)OC(=O)C(C)(C)C. The van der Waals surface area contributed by atoms with Crippen LogP contribution in [0.4, 0.5) is 0 Å². The molecule has 2 saturated carbocycles. The van der Waals surface area contributed by atoms with E-state index in [1.54, 1.807) is 0 Å². The molecule has 122 valence electrons. The Labute approximate surface area is 131 Å².